The molecule has 0 atom stereocenters. The Morgan fingerprint density at radius 2 is 1.96 bits per heavy atom. The minimum atomic E-state index is 0.278. The van der Waals surface area contributed by atoms with Gasteiger partial charge in [-0.2, -0.15) is 0 Å². The molecule has 2 aromatic heterocycles. The molecule has 7 nitrogen and oxygen atoms in total. The van der Waals surface area contributed by atoms with E-state index < -0.39 is 0 Å². The zero-order valence-corrected chi connectivity index (χ0v) is 15.4. The van der Waals surface area contributed by atoms with E-state index >= 15 is 0 Å². The predicted molar refractivity (Wildman–Crippen MR) is 97.7 cm³/mol. The number of nitrogens with two attached hydrogens (primary N) is 1. The van der Waals surface area contributed by atoms with Crippen LogP contribution in [-0.2, 0) is 9.16 Å². The number of nitrogens with zero attached hydrogens (tertiary/aromatic N) is 5. The standard InChI is InChI=1S/C15H19IN6O/c1-9-12(7-16)20-15(22-3-5-23-6-4-22)21-13(9)11-8-18-14(17)19-10(11)2/h8H,3-7H2,1-2H3,(H2,17,18,19). The molecular weight excluding hydrogens is 407 g/mol. The molecule has 1 fully saturated rings. The molecule has 1 saturated heterocycles. The Kier molecular flexibility index (Phi) is 4.90. The number of hydrogen-bond acceptors (Lipinski definition) is 7. The Labute approximate surface area is 148 Å². The number of rotatable bonds is 3. The molecule has 0 amide bonds. The van der Waals surface area contributed by atoms with E-state index in [0.29, 0.717) is 13.2 Å². The maximum absolute atomic E-state index is 5.67. The van der Waals surface area contributed by atoms with Crippen molar-refractivity contribution in [1.82, 2.24) is 19.9 Å². The van der Waals surface area contributed by atoms with E-state index in [2.05, 4.69) is 37.5 Å². The Morgan fingerprint density at radius 1 is 1.22 bits per heavy atom. The Balaban J connectivity index is 2.11. The van der Waals surface area contributed by atoms with Crippen molar-refractivity contribution >= 4 is 34.5 Å². The topological polar surface area (TPSA) is 90.0 Å². The molecule has 0 aromatic carbocycles. The Bertz CT molecular complexity index is 717. The van der Waals surface area contributed by atoms with E-state index in [1.165, 1.54) is 0 Å². The number of anilines is 2. The SMILES string of the molecule is Cc1nc(N)ncc1-c1nc(N2CCOCC2)nc(CI)c1C. The fourth-order valence-electron chi connectivity index (χ4n) is 2.56. The van der Waals surface area contributed by atoms with Crippen LogP contribution in [0.3, 0.4) is 0 Å². The number of aryl methyl sites for hydroxylation is 1. The van der Waals surface area contributed by atoms with Crippen molar-refractivity contribution in [3.63, 3.8) is 0 Å². The first-order valence-electron chi connectivity index (χ1n) is 7.46. The van der Waals surface area contributed by atoms with E-state index in [9.17, 15) is 0 Å². The molecule has 3 rings (SSSR count). The van der Waals surface area contributed by atoms with Crippen LogP contribution in [0.2, 0.25) is 0 Å². The van der Waals surface area contributed by atoms with Crippen molar-refractivity contribution in [3.8, 4) is 11.3 Å². The lowest BCUT2D eigenvalue weighted by Gasteiger charge is -2.28. The summed E-state index contributed by atoms with van der Waals surface area (Å²) in [6.07, 6.45) is 1.74. The molecule has 0 saturated carbocycles. The summed E-state index contributed by atoms with van der Waals surface area (Å²) in [6.45, 7) is 6.99. The van der Waals surface area contributed by atoms with Crippen molar-refractivity contribution < 1.29 is 4.74 Å². The highest BCUT2D eigenvalue weighted by Gasteiger charge is 2.19. The van der Waals surface area contributed by atoms with Gasteiger partial charge in [-0.1, -0.05) is 22.6 Å². The molecule has 122 valence electrons. The van der Waals surface area contributed by atoms with Gasteiger partial charge in [0.1, 0.15) is 0 Å². The largest absolute Gasteiger partial charge is 0.378 e. The average molecular weight is 426 g/mol. The third-order valence-corrected chi connectivity index (χ3v) is 4.63. The van der Waals surface area contributed by atoms with Crippen molar-refractivity contribution in [1.29, 1.82) is 0 Å². The second-order valence-electron chi connectivity index (χ2n) is 5.40. The summed E-state index contributed by atoms with van der Waals surface area (Å²) in [5.41, 5.74) is 10.4. The summed E-state index contributed by atoms with van der Waals surface area (Å²) in [7, 11) is 0. The highest BCUT2D eigenvalue weighted by Crippen LogP contribution is 2.28. The van der Waals surface area contributed by atoms with Gasteiger partial charge in [0, 0.05) is 29.3 Å². The first kappa shape index (κ1) is 16.3. The lowest BCUT2D eigenvalue weighted by molar-refractivity contribution is 0.122. The Hall–Kier alpha value is -1.55. The average Bonchev–Trinajstić information content (AvgIpc) is 2.56. The van der Waals surface area contributed by atoms with E-state index in [0.717, 1.165) is 51.7 Å². The molecule has 2 aromatic rings. The summed E-state index contributed by atoms with van der Waals surface area (Å²) in [5, 5.41) is 0. The van der Waals surface area contributed by atoms with E-state index in [-0.39, 0.29) is 5.95 Å². The first-order chi connectivity index (χ1) is 11.1. The van der Waals surface area contributed by atoms with Gasteiger partial charge >= 0.3 is 0 Å². The molecule has 23 heavy (non-hydrogen) atoms. The molecule has 1 aliphatic heterocycles. The third-order valence-electron chi connectivity index (χ3n) is 3.91. The van der Waals surface area contributed by atoms with E-state index in [4.69, 9.17) is 20.4 Å². The molecular formula is C15H19IN6O. The second-order valence-corrected chi connectivity index (χ2v) is 6.17. The van der Waals surface area contributed by atoms with Gasteiger partial charge in [-0.05, 0) is 19.4 Å². The third kappa shape index (κ3) is 3.37. The maximum atomic E-state index is 5.67. The predicted octanol–water partition coefficient (Wildman–Crippen LogP) is 1.90. The van der Waals surface area contributed by atoms with Crippen LogP contribution in [0.1, 0.15) is 17.0 Å². The molecule has 3 heterocycles. The number of ether oxygens (including phenoxy) is 1. The number of aromatic nitrogens is 4. The minimum Gasteiger partial charge on any atom is -0.378 e. The van der Waals surface area contributed by atoms with Crippen LogP contribution in [0.25, 0.3) is 11.3 Å². The maximum Gasteiger partial charge on any atom is 0.226 e. The van der Waals surface area contributed by atoms with Gasteiger partial charge in [-0.25, -0.2) is 19.9 Å². The highest BCUT2D eigenvalue weighted by molar-refractivity contribution is 14.1. The molecule has 0 spiro atoms. The van der Waals surface area contributed by atoms with Crippen LogP contribution in [0.15, 0.2) is 6.20 Å². The quantitative estimate of drug-likeness (QED) is 0.593. The van der Waals surface area contributed by atoms with Crippen LogP contribution < -0.4 is 10.6 Å². The van der Waals surface area contributed by atoms with Crippen LogP contribution in [0.4, 0.5) is 11.9 Å². The lowest BCUT2D eigenvalue weighted by atomic mass is 10.1. The van der Waals surface area contributed by atoms with Gasteiger partial charge in [-0.3, -0.25) is 0 Å². The smallest absolute Gasteiger partial charge is 0.226 e. The van der Waals surface area contributed by atoms with E-state index in [1.807, 2.05) is 13.8 Å². The van der Waals surface area contributed by atoms with E-state index in [1.54, 1.807) is 6.20 Å². The van der Waals surface area contributed by atoms with Crippen molar-refractivity contribution in [2.24, 2.45) is 0 Å². The summed E-state index contributed by atoms with van der Waals surface area (Å²) < 4.78 is 6.24. The van der Waals surface area contributed by atoms with Gasteiger partial charge in [0.25, 0.3) is 0 Å². The van der Waals surface area contributed by atoms with Gasteiger partial charge in [0.05, 0.1) is 30.3 Å². The summed E-state index contributed by atoms with van der Waals surface area (Å²) in [5.74, 6) is 1.03. The molecule has 1 aliphatic rings. The molecule has 0 aliphatic carbocycles. The summed E-state index contributed by atoms with van der Waals surface area (Å²) in [6, 6.07) is 0. The van der Waals surface area contributed by atoms with Gasteiger partial charge in [-0.15, -0.1) is 0 Å². The van der Waals surface area contributed by atoms with Crippen molar-refractivity contribution in [2.75, 3.05) is 36.9 Å². The minimum absolute atomic E-state index is 0.278. The lowest BCUT2D eigenvalue weighted by Crippen LogP contribution is -2.37. The summed E-state index contributed by atoms with van der Waals surface area (Å²) >= 11 is 2.33. The summed E-state index contributed by atoms with van der Waals surface area (Å²) in [4.78, 5) is 20.1. The Morgan fingerprint density at radius 3 is 2.61 bits per heavy atom. The highest BCUT2D eigenvalue weighted by atomic mass is 127. The van der Waals surface area contributed by atoms with Crippen LogP contribution >= 0.6 is 22.6 Å². The fourth-order valence-corrected chi connectivity index (χ4v) is 3.31. The van der Waals surface area contributed by atoms with Gasteiger partial charge < -0.3 is 15.4 Å². The number of nitrogen functional groups attached to an aromatic ring is 1. The monoisotopic (exact) mass is 426 g/mol. The molecule has 2 N–H and O–H groups in total. The van der Waals surface area contributed by atoms with Crippen LogP contribution in [0.5, 0.6) is 0 Å². The second kappa shape index (κ2) is 6.91. The molecule has 0 unspecified atom stereocenters. The first-order valence-corrected chi connectivity index (χ1v) is 8.98. The van der Waals surface area contributed by atoms with Gasteiger partial charge in [0.15, 0.2) is 0 Å². The van der Waals surface area contributed by atoms with Crippen LogP contribution in [0, 0.1) is 13.8 Å². The normalized spacial score (nSPS) is 15.0. The fraction of sp³-hybridized carbons (Fsp3) is 0.467. The molecule has 0 bridgehead atoms. The number of morpholine rings is 1. The van der Waals surface area contributed by atoms with Crippen molar-refractivity contribution in [3.05, 3.63) is 23.1 Å². The number of hydrogen-bond donors (Lipinski definition) is 1. The molecule has 0 radical (unpaired) electrons. The van der Waals surface area contributed by atoms with Gasteiger partial charge in [0.2, 0.25) is 11.9 Å². The zero-order valence-electron chi connectivity index (χ0n) is 13.2. The molecule has 8 heteroatoms. The van der Waals surface area contributed by atoms with Crippen molar-refractivity contribution in [2.45, 2.75) is 18.3 Å². The number of halogens is 1. The number of alkyl halides is 1. The zero-order chi connectivity index (χ0) is 16.4. The van der Waals surface area contributed by atoms with Crippen LogP contribution in [-0.4, -0.2) is 46.2 Å².